The van der Waals surface area contributed by atoms with E-state index < -0.39 is 0 Å². The number of benzene rings is 1. The molecule has 0 amide bonds. The lowest BCUT2D eigenvalue weighted by molar-refractivity contribution is 1.23. The third-order valence-corrected chi connectivity index (χ3v) is 2.47. The van der Waals surface area contributed by atoms with Crippen LogP contribution >= 0.6 is 15.9 Å². The second kappa shape index (κ2) is 4.46. The van der Waals surface area contributed by atoms with Crippen molar-refractivity contribution in [2.24, 2.45) is 0 Å². The first-order valence-corrected chi connectivity index (χ1v) is 4.98. The lowest BCUT2D eigenvalue weighted by Crippen LogP contribution is -1.80. The summed E-state index contributed by atoms with van der Waals surface area (Å²) in [5.41, 5.74) is 2.73. The highest BCUT2D eigenvalue weighted by Crippen LogP contribution is 2.19. The Hall–Kier alpha value is -0.560. The minimum Gasteiger partial charge on any atom is -0.0839 e. The zero-order valence-corrected chi connectivity index (χ0v) is 9.06. The van der Waals surface area contributed by atoms with Gasteiger partial charge in [0, 0.05) is 4.47 Å². The van der Waals surface area contributed by atoms with E-state index in [1.165, 1.54) is 11.1 Å². The average molecular weight is 225 g/mol. The van der Waals surface area contributed by atoms with Crippen molar-refractivity contribution in [3.05, 3.63) is 40.4 Å². The molecule has 12 heavy (non-hydrogen) atoms. The highest BCUT2D eigenvalue weighted by atomic mass is 79.9. The average Bonchev–Trinajstić information content (AvgIpc) is 2.10. The van der Waals surface area contributed by atoms with Gasteiger partial charge in [-0.3, -0.25) is 0 Å². The van der Waals surface area contributed by atoms with Crippen LogP contribution in [0.4, 0.5) is 0 Å². The molecule has 0 aliphatic carbocycles. The van der Waals surface area contributed by atoms with Gasteiger partial charge < -0.3 is 0 Å². The predicted octanol–water partition coefficient (Wildman–Crippen LogP) is 4.26. The predicted molar refractivity (Wildman–Crippen MR) is 58.1 cm³/mol. The van der Waals surface area contributed by atoms with E-state index in [0.29, 0.717) is 0 Å². The van der Waals surface area contributed by atoms with Crippen molar-refractivity contribution in [1.82, 2.24) is 0 Å². The Morgan fingerprint density at radius 3 is 2.33 bits per heavy atom. The van der Waals surface area contributed by atoms with E-state index in [4.69, 9.17) is 0 Å². The minimum absolute atomic E-state index is 1.10. The van der Waals surface area contributed by atoms with Crippen LogP contribution in [0.5, 0.6) is 0 Å². The van der Waals surface area contributed by atoms with Crippen molar-refractivity contribution in [3.8, 4) is 0 Å². The fraction of sp³-hybridized carbons (Fsp3) is 0.273. The van der Waals surface area contributed by atoms with Crippen LogP contribution in [0, 0.1) is 0 Å². The summed E-state index contributed by atoms with van der Waals surface area (Å²) in [7, 11) is 0. The van der Waals surface area contributed by atoms with Gasteiger partial charge in [-0.1, -0.05) is 41.1 Å². The van der Waals surface area contributed by atoms with E-state index in [1.807, 2.05) is 0 Å². The molecule has 0 aliphatic heterocycles. The van der Waals surface area contributed by atoms with Crippen LogP contribution in [0.2, 0.25) is 0 Å². The molecule has 0 saturated heterocycles. The summed E-state index contributed by atoms with van der Waals surface area (Å²) in [5, 5.41) is 0. The zero-order valence-electron chi connectivity index (χ0n) is 7.47. The van der Waals surface area contributed by atoms with Crippen LogP contribution in [0.15, 0.2) is 34.8 Å². The Morgan fingerprint density at radius 1 is 1.33 bits per heavy atom. The molecular formula is C11H13Br. The van der Waals surface area contributed by atoms with Crippen molar-refractivity contribution in [1.29, 1.82) is 0 Å². The molecule has 1 aromatic carbocycles. The molecule has 0 bridgehead atoms. The number of halogens is 1. The van der Waals surface area contributed by atoms with Crippen LogP contribution in [-0.2, 0) is 0 Å². The third kappa shape index (κ3) is 2.21. The first-order chi connectivity index (χ1) is 5.77. The minimum atomic E-state index is 1.10. The van der Waals surface area contributed by atoms with Gasteiger partial charge in [0.1, 0.15) is 0 Å². The second-order valence-corrected chi connectivity index (χ2v) is 3.59. The topological polar surface area (TPSA) is 0 Å². The molecule has 0 radical (unpaired) electrons. The molecule has 0 heterocycles. The molecule has 0 atom stereocenters. The molecular weight excluding hydrogens is 212 g/mol. The first-order valence-electron chi connectivity index (χ1n) is 4.19. The van der Waals surface area contributed by atoms with Gasteiger partial charge in [0.25, 0.3) is 0 Å². The summed E-state index contributed by atoms with van der Waals surface area (Å²) >= 11 is 3.42. The Kier molecular flexibility index (Phi) is 3.54. The van der Waals surface area contributed by atoms with Crippen molar-refractivity contribution in [2.75, 3.05) is 0 Å². The maximum atomic E-state index is 3.42. The van der Waals surface area contributed by atoms with E-state index in [1.54, 1.807) is 0 Å². The molecule has 64 valence electrons. The fourth-order valence-electron chi connectivity index (χ4n) is 1.24. The Labute approximate surface area is 82.4 Å². The van der Waals surface area contributed by atoms with Gasteiger partial charge in [-0.25, -0.2) is 0 Å². The van der Waals surface area contributed by atoms with Gasteiger partial charge >= 0.3 is 0 Å². The lowest BCUT2D eigenvalue weighted by atomic mass is 10.0. The fourth-order valence-corrected chi connectivity index (χ4v) is 1.50. The summed E-state index contributed by atoms with van der Waals surface area (Å²) < 4.78 is 1.14. The highest BCUT2D eigenvalue weighted by molar-refractivity contribution is 9.10. The van der Waals surface area contributed by atoms with E-state index in [2.05, 4.69) is 60.1 Å². The molecule has 0 unspecified atom stereocenters. The van der Waals surface area contributed by atoms with Crippen LogP contribution in [0.3, 0.4) is 0 Å². The van der Waals surface area contributed by atoms with Crippen molar-refractivity contribution >= 4 is 21.5 Å². The summed E-state index contributed by atoms with van der Waals surface area (Å²) in [6, 6.07) is 8.44. The summed E-state index contributed by atoms with van der Waals surface area (Å²) in [4.78, 5) is 0. The molecule has 0 aromatic heterocycles. The number of hydrogen-bond acceptors (Lipinski definition) is 0. The van der Waals surface area contributed by atoms with Crippen molar-refractivity contribution < 1.29 is 0 Å². The van der Waals surface area contributed by atoms with Crippen LogP contribution in [0.1, 0.15) is 25.8 Å². The molecule has 1 aromatic rings. The quantitative estimate of drug-likeness (QED) is 0.705. The normalized spacial score (nSPS) is 11.8. The first kappa shape index (κ1) is 9.53. The lowest BCUT2D eigenvalue weighted by Gasteiger charge is -2.03. The number of rotatable bonds is 2. The summed E-state index contributed by atoms with van der Waals surface area (Å²) in [5.74, 6) is 0. The Bertz CT molecular complexity index is 270. The molecule has 1 rings (SSSR count). The standard InChI is InChI=1S/C11H13Br/c1-3-9(4-2)10-5-7-11(12)8-6-10/h3,5-8H,4H2,1-2H3/b9-3-. The molecule has 0 saturated carbocycles. The molecule has 0 aliphatic rings. The van der Waals surface area contributed by atoms with E-state index in [-0.39, 0.29) is 0 Å². The van der Waals surface area contributed by atoms with Gasteiger partial charge in [-0.15, -0.1) is 0 Å². The Morgan fingerprint density at radius 2 is 1.92 bits per heavy atom. The third-order valence-electron chi connectivity index (χ3n) is 1.94. The van der Waals surface area contributed by atoms with Gasteiger partial charge in [0.2, 0.25) is 0 Å². The summed E-state index contributed by atoms with van der Waals surface area (Å²) in [6.07, 6.45) is 3.27. The van der Waals surface area contributed by atoms with E-state index >= 15 is 0 Å². The Balaban J connectivity index is 2.96. The highest BCUT2D eigenvalue weighted by Gasteiger charge is 1.96. The van der Waals surface area contributed by atoms with Gasteiger partial charge in [-0.2, -0.15) is 0 Å². The zero-order chi connectivity index (χ0) is 8.97. The van der Waals surface area contributed by atoms with Gasteiger partial charge in [0.05, 0.1) is 0 Å². The maximum Gasteiger partial charge on any atom is 0.0175 e. The smallest absolute Gasteiger partial charge is 0.0175 e. The van der Waals surface area contributed by atoms with Crippen molar-refractivity contribution in [3.63, 3.8) is 0 Å². The van der Waals surface area contributed by atoms with Crippen LogP contribution < -0.4 is 0 Å². The van der Waals surface area contributed by atoms with Crippen LogP contribution in [-0.4, -0.2) is 0 Å². The monoisotopic (exact) mass is 224 g/mol. The number of hydrogen-bond donors (Lipinski definition) is 0. The molecule has 0 spiro atoms. The van der Waals surface area contributed by atoms with Gasteiger partial charge in [-0.05, 0) is 36.6 Å². The molecule has 0 nitrogen and oxygen atoms in total. The molecule has 1 heteroatoms. The molecule has 0 N–H and O–H groups in total. The maximum absolute atomic E-state index is 3.42. The van der Waals surface area contributed by atoms with Crippen LogP contribution in [0.25, 0.3) is 5.57 Å². The second-order valence-electron chi connectivity index (χ2n) is 2.67. The van der Waals surface area contributed by atoms with E-state index in [9.17, 15) is 0 Å². The van der Waals surface area contributed by atoms with Crippen molar-refractivity contribution in [2.45, 2.75) is 20.3 Å². The molecule has 0 fully saturated rings. The van der Waals surface area contributed by atoms with E-state index in [0.717, 1.165) is 10.9 Å². The largest absolute Gasteiger partial charge is 0.0839 e. The number of allylic oxidation sites excluding steroid dienone is 2. The summed E-state index contributed by atoms with van der Waals surface area (Å²) in [6.45, 7) is 4.26. The van der Waals surface area contributed by atoms with Gasteiger partial charge in [0.15, 0.2) is 0 Å². The SMILES string of the molecule is C/C=C(/CC)c1ccc(Br)cc1.